The van der Waals surface area contributed by atoms with E-state index in [-0.39, 0.29) is 0 Å². The summed E-state index contributed by atoms with van der Waals surface area (Å²) in [5, 5.41) is 3.44. The summed E-state index contributed by atoms with van der Waals surface area (Å²) in [5.41, 5.74) is 6.76. The van der Waals surface area contributed by atoms with Gasteiger partial charge in [-0.25, -0.2) is 14.8 Å². The highest BCUT2D eigenvalue weighted by Gasteiger charge is 2.43. The highest BCUT2D eigenvalue weighted by Crippen LogP contribution is 2.38. The zero-order chi connectivity index (χ0) is 22.0. The number of imidazole rings is 1. The molecule has 162 valence electrons. The predicted molar refractivity (Wildman–Crippen MR) is 128 cm³/mol. The Kier molecular flexibility index (Phi) is 3.85. The summed E-state index contributed by atoms with van der Waals surface area (Å²) in [6.45, 7) is 12.4. The molecule has 2 fully saturated rings. The first kappa shape index (κ1) is 18.7. The molecular weight excluding hydrogens is 410 g/mol. The molecule has 0 radical (unpaired) electrons. The average Bonchev–Trinajstić information content (AvgIpc) is 3.56. The van der Waals surface area contributed by atoms with Crippen LogP contribution in [0.2, 0.25) is 0 Å². The monoisotopic (exact) mass is 433 g/mol. The van der Waals surface area contributed by atoms with Gasteiger partial charge >= 0.3 is 0 Å². The first-order chi connectivity index (χ1) is 16.2. The lowest BCUT2D eigenvalue weighted by molar-refractivity contribution is 0.199. The number of anilines is 1. The van der Waals surface area contributed by atoms with Crippen LogP contribution in [0.4, 0.5) is 11.5 Å². The second-order valence-corrected chi connectivity index (χ2v) is 9.47. The van der Waals surface area contributed by atoms with Crippen LogP contribution in [0.1, 0.15) is 12.0 Å². The zero-order valence-corrected chi connectivity index (χ0v) is 18.2. The second-order valence-electron chi connectivity index (χ2n) is 9.47. The molecule has 0 amide bonds. The topological polar surface area (TPSA) is 55.3 Å². The maximum absolute atomic E-state index is 7.20. The minimum Gasteiger partial charge on any atom is -0.356 e. The number of fused-ring (bicyclic) bond motifs is 5. The molecule has 3 aliphatic heterocycles. The van der Waals surface area contributed by atoms with Gasteiger partial charge < -0.3 is 14.8 Å². The SMILES string of the molecule is [C-]#[N+]c1ccc(-c2cc3n(c2)Cc2cc(N4CCC5(CNC5)C4)ncc2-n2ccnc2-3)cc1. The van der Waals surface area contributed by atoms with Gasteiger partial charge in [-0.1, -0.05) is 24.3 Å². The van der Waals surface area contributed by atoms with Gasteiger partial charge in [0, 0.05) is 67.9 Å². The molecule has 6 heterocycles. The molecule has 0 bridgehead atoms. The van der Waals surface area contributed by atoms with Crippen LogP contribution < -0.4 is 10.2 Å². The van der Waals surface area contributed by atoms with Crippen LogP contribution in [-0.4, -0.2) is 45.3 Å². The number of nitrogens with one attached hydrogen (secondary N) is 1. The van der Waals surface area contributed by atoms with Gasteiger partial charge in [0.15, 0.2) is 11.5 Å². The normalized spacial score (nSPS) is 17.6. The number of benzene rings is 1. The van der Waals surface area contributed by atoms with Gasteiger partial charge in [-0.05, 0) is 24.1 Å². The van der Waals surface area contributed by atoms with Gasteiger partial charge in [0.25, 0.3) is 0 Å². The first-order valence-electron chi connectivity index (χ1n) is 11.4. The summed E-state index contributed by atoms with van der Waals surface area (Å²) in [7, 11) is 0. The number of aromatic nitrogens is 4. The molecule has 0 aliphatic carbocycles. The molecule has 3 aliphatic rings. The van der Waals surface area contributed by atoms with Crippen molar-refractivity contribution in [2.75, 3.05) is 31.1 Å². The maximum atomic E-state index is 7.20. The molecular formula is C26H23N7. The van der Waals surface area contributed by atoms with Gasteiger partial charge in [-0.15, -0.1) is 0 Å². The molecule has 0 unspecified atom stereocenters. The third kappa shape index (κ3) is 2.84. The summed E-state index contributed by atoms with van der Waals surface area (Å²) < 4.78 is 4.44. The number of rotatable bonds is 2. The number of pyridine rings is 1. The van der Waals surface area contributed by atoms with Gasteiger partial charge in [0.2, 0.25) is 0 Å². The fourth-order valence-electron chi connectivity index (χ4n) is 5.48. The van der Waals surface area contributed by atoms with Crippen LogP contribution >= 0.6 is 0 Å². The quantitative estimate of drug-likeness (QED) is 0.426. The lowest BCUT2D eigenvalue weighted by atomic mass is 9.81. The summed E-state index contributed by atoms with van der Waals surface area (Å²) in [6, 6.07) is 12.2. The second kappa shape index (κ2) is 6.80. The summed E-state index contributed by atoms with van der Waals surface area (Å²) >= 11 is 0. The van der Waals surface area contributed by atoms with E-state index >= 15 is 0 Å². The van der Waals surface area contributed by atoms with Gasteiger partial charge in [0.1, 0.15) is 5.82 Å². The Bertz CT molecular complexity index is 1420. The number of hydrogen-bond donors (Lipinski definition) is 1. The standard InChI is InChI=1S/C26H23N7/c1-27-21-4-2-18(3-5-21)19-10-22-25-29-7-9-33(25)23-12-30-24(11-20(23)14-32(22)13-19)31-8-6-26(17-31)15-28-16-26/h2-5,7,9-13,28H,6,8,14-17H2. The lowest BCUT2D eigenvalue weighted by Crippen LogP contribution is -2.54. The van der Waals surface area contributed by atoms with E-state index in [1.807, 2.05) is 42.9 Å². The minimum absolute atomic E-state index is 0.442. The number of hydrogen-bond acceptors (Lipinski definition) is 4. The van der Waals surface area contributed by atoms with Crippen molar-refractivity contribution in [3.05, 3.63) is 78.2 Å². The zero-order valence-electron chi connectivity index (χ0n) is 18.2. The molecule has 0 atom stereocenters. The Morgan fingerprint density at radius 2 is 1.94 bits per heavy atom. The van der Waals surface area contributed by atoms with Crippen molar-refractivity contribution in [2.24, 2.45) is 5.41 Å². The Hall–Kier alpha value is -3.89. The van der Waals surface area contributed by atoms with Crippen molar-refractivity contribution in [1.29, 1.82) is 0 Å². The van der Waals surface area contributed by atoms with E-state index in [1.54, 1.807) is 0 Å². The lowest BCUT2D eigenvalue weighted by Gasteiger charge is -2.39. The van der Waals surface area contributed by atoms with Crippen molar-refractivity contribution in [3.8, 4) is 28.3 Å². The maximum Gasteiger partial charge on any atom is 0.187 e. The van der Waals surface area contributed by atoms with Crippen molar-refractivity contribution in [3.63, 3.8) is 0 Å². The van der Waals surface area contributed by atoms with Crippen molar-refractivity contribution >= 4 is 11.5 Å². The first-order valence-corrected chi connectivity index (χ1v) is 11.4. The highest BCUT2D eigenvalue weighted by atomic mass is 15.2. The Morgan fingerprint density at radius 3 is 2.70 bits per heavy atom. The molecule has 1 N–H and O–H groups in total. The van der Waals surface area contributed by atoms with Crippen LogP contribution in [-0.2, 0) is 6.54 Å². The summed E-state index contributed by atoms with van der Waals surface area (Å²) in [6.07, 6.45) is 9.32. The molecule has 7 heteroatoms. The van der Waals surface area contributed by atoms with E-state index in [0.717, 1.165) is 66.9 Å². The van der Waals surface area contributed by atoms with E-state index in [2.05, 4.69) is 47.5 Å². The molecule has 3 aromatic heterocycles. The molecule has 2 saturated heterocycles. The molecule has 7 nitrogen and oxygen atoms in total. The average molecular weight is 434 g/mol. The predicted octanol–water partition coefficient (Wildman–Crippen LogP) is 4.11. The molecule has 1 spiro atoms. The largest absolute Gasteiger partial charge is 0.356 e. The highest BCUT2D eigenvalue weighted by molar-refractivity contribution is 5.73. The Morgan fingerprint density at radius 1 is 1.06 bits per heavy atom. The third-order valence-electron chi connectivity index (χ3n) is 7.41. The molecule has 4 aromatic rings. The van der Waals surface area contributed by atoms with Crippen LogP contribution in [0, 0.1) is 12.0 Å². The third-order valence-corrected chi connectivity index (χ3v) is 7.41. The smallest absolute Gasteiger partial charge is 0.187 e. The molecule has 1 aromatic carbocycles. The minimum atomic E-state index is 0.442. The summed E-state index contributed by atoms with van der Waals surface area (Å²) in [4.78, 5) is 15.5. The van der Waals surface area contributed by atoms with Crippen molar-refractivity contribution in [2.45, 2.75) is 13.0 Å². The van der Waals surface area contributed by atoms with Crippen molar-refractivity contribution in [1.82, 2.24) is 24.4 Å². The fraction of sp³-hybridized carbons (Fsp3) is 0.269. The molecule has 33 heavy (non-hydrogen) atoms. The van der Waals surface area contributed by atoms with Gasteiger partial charge in [-0.3, -0.25) is 4.57 Å². The molecule has 7 rings (SSSR count). The fourth-order valence-corrected chi connectivity index (χ4v) is 5.48. The van der Waals surface area contributed by atoms with E-state index in [9.17, 15) is 0 Å². The van der Waals surface area contributed by atoms with E-state index in [4.69, 9.17) is 11.6 Å². The van der Waals surface area contributed by atoms with E-state index in [1.165, 1.54) is 12.0 Å². The van der Waals surface area contributed by atoms with Crippen LogP contribution in [0.5, 0.6) is 0 Å². The Balaban J connectivity index is 1.29. The van der Waals surface area contributed by atoms with Crippen molar-refractivity contribution < 1.29 is 0 Å². The molecule has 0 saturated carbocycles. The van der Waals surface area contributed by atoms with Gasteiger partial charge in [-0.2, -0.15) is 0 Å². The van der Waals surface area contributed by atoms with Crippen LogP contribution in [0.3, 0.4) is 0 Å². The van der Waals surface area contributed by atoms with Crippen LogP contribution in [0.15, 0.2) is 61.2 Å². The van der Waals surface area contributed by atoms with E-state index < -0.39 is 0 Å². The Labute approximate surface area is 192 Å². The van der Waals surface area contributed by atoms with E-state index in [0.29, 0.717) is 11.1 Å². The van der Waals surface area contributed by atoms with Gasteiger partial charge in [0.05, 0.1) is 24.2 Å². The van der Waals surface area contributed by atoms with Crippen LogP contribution in [0.25, 0.3) is 33.2 Å². The summed E-state index contributed by atoms with van der Waals surface area (Å²) in [5.74, 6) is 2.00. The number of nitrogens with zero attached hydrogens (tertiary/aromatic N) is 6.